The number of nitrogens with zero attached hydrogens (tertiary/aromatic N) is 1. The van der Waals surface area contributed by atoms with Crippen molar-refractivity contribution in [2.75, 3.05) is 12.4 Å². The summed E-state index contributed by atoms with van der Waals surface area (Å²) < 4.78 is 26.7. The van der Waals surface area contributed by atoms with Crippen LogP contribution in [0.2, 0.25) is 0 Å². The van der Waals surface area contributed by atoms with Gasteiger partial charge in [0.15, 0.2) is 18.3 Å². The van der Waals surface area contributed by atoms with Crippen LogP contribution in [0.4, 0.5) is 0 Å². The van der Waals surface area contributed by atoms with Crippen molar-refractivity contribution in [3.8, 4) is 6.07 Å². The Morgan fingerprint density at radius 2 is 1.43 bits per heavy atom. The summed E-state index contributed by atoms with van der Waals surface area (Å²) in [5, 5.41) is 8.74. The van der Waals surface area contributed by atoms with Gasteiger partial charge in [-0.2, -0.15) is 5.26 Å². The topological polar surface area (TPSA) is 138 Å². The van der Waals surface area contributed by atoms with E-state index in [9.17, 15) is 19.2 Å². The van der Waals surface area contributed by atoms with E-state index in [4.69, 9.17) is 28.9 Å². The second kappa shape index (κ2) is 11.5. The third-order valence-corrected chi connectivity index (χ3v) is 4.59. The summed E-state index contributed by atoms with van der Waals surface area (Å²) in [6.45, 7) is 4.42. The lowest BCUT2D eigenvalue weighted by Crippen LogP contribution is -2.61. The quantitative estimate of drug-likeness (QED) is 0.313. The molecule has 0 aromatic rings. The van der Waals surface area contributed by atoms with E-state index in [1.54, 1.807) is 0 Å². The van der Waals surface area contributed by atoms with Crippen LogP contribution in [-0.4, -0.2) is 66.1 Å². The fraction of sp³-hybridized carbons (Fsp3) is 0.706. The molecule has 156 valence electrons. The molecule has 28 heavy (non-hydrogen) atoms. The van der Waals surface area contributed by atoms with E-state index in [0.29, 0.717) is 5.75 Å². The fourth-order valence-electron chi connectivity index (χ4n) is 2.54. The van der Waals surface area contributed by atoms with Crippen LogP contribution in [0.15, 0.2) is 0 Å². The minimum absolute atomic E-state index is 0.206. The van der Waals surface area contributed by atoms with Crippen LogP contribution in [0, 0.1) is 11.3 Å². The Hall–Kier alpha value is -2.32. The first-order chi connectivity index (χ1) is 13.1. The molecule has 1 heterocycles. The molecule has 1 rings (SSSR count). The van der Waals surface area contributed by atoms with Crippen molar-refractivity contribution in [2.24, 2.45) is 0 Å². The summed E-state index contributed by atoms with van der Waals surface area (Å²) in [5.74, 6) is -2.25. The molecular weight excluding hydrogens is 394 g/mol. The van der Waals surface area contributed by atoms with E-state index in [0.717, 1.165) is 13.8 Å². The summed E-state index contributed by atoms with van der Waals surface area (Å²) in [7, 11) is 0. The minimum atomic E-state index is -1.18. The van der Waals surface area contributed by atoms with E-state index < -0.39 is 53.7 Å². The minimum Gasteiger partial charge on any atom is -0.463 e. The van der Waals surface area contributed by atoms with Crippen molar-refractivity contribution in [3.63, 3.8) is 0 Å². The standard InChI is InChI=1S/C17H23NO9S/c1-9(19)23-8-13-14(24-10(2)20)15(25-11(3)21)16(26-12(4)22)17(27-13)28-7-5-6-18/h13-17H,5,7-8H2,1-4H3/t13-,14+,15-,16+,17+/m1/s1. The average molecular weight is 417 g/mol. The van der Waals surface area contributed by atoms with Gasteiger partial charge in [0.1, 0.15) is 18.1 Å². The SMILES string of the molecule is CC(=O)OC[C@H]1O[C@@H](SCCC#N)[C@@H](OC(C)=O)[C@H](OC(C)=O)[C@H]1OC(C)=O. The lowest BCUT2D eigenvalue weighted by molar-refractivity contribution is -0.237. The summed E-state index contributed by atoms with van der Waals surface area (Å²) in [6.07, 6.45) is -4.21. The van der Waals surface area contributed by atoms with Crippen LogP contribution in [0.25, 0.3) is 0 Å². The molecule has 1 aliphatic rings. The third kappa shape index (κ3) is 7.74. The monoisotopic (exact) mass is 417 g/mol. The molecule has 10 nitrogen and oxygen atoms in total. The molecule has 1 aliphatic heterocycles. The molecule has 0 radical (unpaired) electrons. The Morgan fingerprint density at radius 3 is 1.93 bits per heavy atom. The van der Waals surface area contributed by atoms with E-state index in [1.165, 1.54) is 25.6 Å². The molecule has 0 bridgehead atoms. The first-order valence-electron chi connectivity index (χ1n) is 8.44. The molecule has 0 aliphatic carbocycles. The maximum Gasteiger partial charge on any atom is 0.303 e. The van der Waals surface area contributed by atoms with Crippen LogP contribution in [0.1, 0.15) is 34.1 Å². The second-order valence-electron chi connectivity index (χ2n) is 5.85. The van der Waals surface area contributed by atoms with Crippen LogP contribution in [-0.2, 0) is 42.9 Å². The highest BCUT2D eigenvalue weighted by Crippen LogP contribution is 2.34. The van der Waals surface area contributed by atoms with Gasteiger partial charge in [-0.15, -0.1) is 11.8 Å². The summed E-state index contributed by atoms with van der Waals surface area (Å²) >= 11 is 1.17. The molecule has 0 saturated carbocycles. The highest BCUT2D eigenvalue weighted by molar-refractivity contribution is 7.99. The summed E-state index contributed by atoms with van der Waals surface area (Å²) in [6, 6.07) is 1.98. The highest BCUT2D eigenvalue weighted by Gasteiger charge is 2.52. The number of esters is 4. The molecular formula is C17H23NO9S. The molecule has 5 atom stereocenters. The number of ether oxygens (including phenoxy) is 5. The van der Waals surface area contributed by atoms with Gasteiger partial charge >= 0.3 is 23.9 Å². The maximum atomic E-state index is 11.6. The Bertz CT molecular complexity index is 633. The Balaban J connectivity index is 3.23. The molecule has 0 unspecified atom stereocenters. The van der Waals surface area contributed by atoms with E-state index in [-0.39, 0.29) is 13.0 Å². The van der Waals surface area contributed by atoms with Gasteiger partial charge in [0.25, 0.3) is 0 Å². The molecule has 0 N–H and O–H groups in total. The fourth-order valence-corrected chi connectivity index (χ4v) is 3.61. The number of nitriles is 1. The second-order valence-corrected chi connectivity index (χ2v) is 7.05. The highest BCUT2D eigenvalue weighted by atomic mass is 32.2. The average Bonchev–Trinajstić information content (AvgIpc) is 2.57. The predicted molar refractivity (Wildman–Crippen MR) is 94.6 cm³/mol. The molecule has 0 aromatic heterocycles. The predicted octanol–water partition coefficient (Wildman–Crippen LogP) is 0.716. The smallest absolute Gasteiger partial charge is 0.303 e. The van der Waals surface area contributed by atoms with Crippen molar-refractivity contribution < 1.29 is 42.9 Å². The number of thioether (sulfide) groups is 1. The largest absolute Gasteiger partial charge is 0.463 e. The molecule has 11 heteroatoms. The number of rotatable bonds is 8. The molecule has 0 spiro atoms. The molecule has 1 fully saturated rings. The lowest BCUT2D eigenvalue weighted by atomic mass is 9.99. The van der Waals surface area contributed by atoms with Crippen LogP contribution >= 0.6 is 11.8 Å². The van der Waals surface area contributed by atoms with Crippen molar-refractivity contribution in [3.05, 3.63) is 0 Å². The Morgan fingerprint density at radius 1 is 0.893 bits per heavy atom. The van der Waals surface area contributed by atoms with Gasteiger partial charge in [0.05, 0.1) is 6.07 Å². The van der Waals surface area contributed by atoms with Gasteiger partial charge in [-0.1, -0.05) is 0 Å². The first kappa shape index (κ1) is 23.7. The van der Waals surface area contributed by atoms with Gasteiger partial charge in [0, 0.05) is 39.9 Å². The molecule has 1 saturated heterocycles. The number of carbonyl (C=O) groups is 4. The zero-order valence-electron chi connectivity index (χ0n) is 16.0. The first-order valence-corrected chi connectivity index (χ1v) is 9.49. The van der Waals surface area contributed by atoms with Gasteiger partial charge in [-0.3, -0.25) is 19.2 Å². The molecule has 0 amide bonds. The van der Waals surface area contributed by atoms with Crippen molar-refractivity contribution >= 4 is 35.6 Å². The third-order valence-electron chi connectivity index (χ3n) is 3.44. The number of hydrogen-bond donors (Lipinski definition) is 0. The van der Waals surface area contributed by atoms with E-state index in [2.05, 4.69) is 0 Å². The Labute approximate surface area is 166 Å². The van der Waals surface area contributed by atoms with Gasteiger partial charge in [-0.25, -0.2) is 0 Å². The van der Waals surface area contributed by atoms with Crippen LogP contribution in [0.3, 0.4) is 0 Å². The zero-order valence-corrected chi connectivity index (χ0v) is 16.9. The van der Waals surface area contributed by atoms with Crippen molar-refractivity contribution in [1.29, 1.82) is 5.26 Å². The summed E-state index contributed by atoms with van der Waals surface area (Å²) in [4.78, 5) is 46.0. The van der Waals surface area contributed by atoms with Crippen LogP contribution < -0.4 is 0 Å². The number of hydrogen-bond acceptors (Lipinski definition) is 11. The van der Waals surface area contributed by atoms with Crippen LogP contribution in [0.5, 0.6) is 0 Å². The zero-order chi connectivity index (χ0) is 21.3. The molecule has 0 aromatic carbocycles. The number of carbonyl (C=O) groups excluding carboxylic acids is 4. The summed E-state index contributed by atoms with van der Waals surface area (Å²) in [5.41, 5.74) is -0.839. The van der Waals surface area contributed by atoms with E-state index in [1.807, 2.05) is 6.07 Å². The van der Waals surface area contributed by atoms with E-state index >= 15 is 0 Å². The normalized spacial score (nSPS) is 26.5. The lowest BCUT2D eigenvalue weighted by Gasteiger charge is -2.44. The maximum absolute atomic E-state index is 11.6. The van der Waals surface area contributed by atoms with Crippen molar-refractivity contribution in [1.82, 2.24) is 0 Å². The van der Waals surface area contributed by atoms with Gasteiger partial charge in [0.2, 0.25) is 0 Å². The van der Waals surface area contributed by atoms with Crippen molar-refractivity contribution in [2.45, 2.75) is 64.0 Å². The van der Waals surface area contributed by atoms with Gasteiger partial charge < -0.3 is 23.7 Å². The van der Waals surface area contributed by atoms with Gasteiger partial charge in [-0.05, 0) is 0 Å². The Kier molecular flexibility index (Phi) is 9.75.